The van der Waals surface area contributed by atoms with E-state index < -0.39 is 0 Å². The number of aliphatic hydroxyl groups is 1. The molecule has 1 heterocycles. The van der Waals surface area contributed by atoms with E-state index >= 15 is 0 Å². The van der Waals surface area contributed by atoms with Gasteiger partial charge in [0.05, 0.1) is 18.8 Å². The summed E-state index contributed by atoms with van der Waals surface area (Å²) in [5, 5.41) is 9.05. The zero-order valence-electron chi connectivity index (χ0n) is 9.52. The first kappa shape index (κ1) is 12.3. The largest absolute Gasteiger partial charge is 0.394 e. The van der Waals surface area contributed by atoms with Crippen LogP contribution in [0.1, 0.15) is 20.3 Å². The molecule has 1 rings (SSSR count). The molecule has 0 bridgehead atoms. The molecule has 0 saturated carbocycles. The molecule has 1 fully saturated rings. The van der Waals surface area contributed by atoms with Gasteiger partial charge in [-0.2, -0.15) is 0 Å². The molecule has 5 heteroatoms. The van der Waals surface area contributed by atoms with Crippen molar-refractivity contribution in [2.24, 2.45) is 10.7 Å². The lowest BCUT2D eigenvalue weighted by atomic mass is 10.2. The molecule has 0 aliphatic carbocycles. The number of guanidine groups is 1. The molecular formula is C10H21N3O2. The Kier molecular flexibility index (Phi) is 4.84. The first-order valence-corrected chi connectivity index (χ1v) is 5.48. The number of ether oxygens (including phenoxy) is 1. The van der Waals surface area contributed by atoms with Crippen LogP contribution in [0.3, 0.4) is 0 Å². The number of morpholine rings is 1. The number of nitrogens with zero attached hydrogens (tertiary/aromatic N) is 2. The Balaban J connectivity index is 2.53. The second-order valence-electron chi connectivity index (χ2n) is 3.90. The normalized spacial score (nSPS) is 28.2. The highest BCUT2D eigenvalue weighted by Crippen LogP contribution is 2.10. The van der Waals surface area contributed by atoms with Gasteiger partial charge in [-0.25, -0.2) is 0 Å². The highest BCUT2D eigenvalue weighted by atomic mass is 16.5. The summed E-state index contributed by atoms with van der Waals surface area (Å²) in [6, 6.07) is 0. The van der Waals surface area contributed by atoms with Crippen molar-refractivity contribution in [2.75, 3.05) is 26.2 Å². The predicted octanol–water partition coefficient (Wildman–Crippen LogP) is -0.207. The highest BCUT2D eigenvalue weighted by Gasteiger charge is 2.25. The second-order valence-corrected chi connectivity index (χ2v) is 3.90. The summed E-state index contributed by atoms with van der Waals surface area (Å²) >= 11 is 0. The van der Waals surface area contributed by atoms with Gasteiger partial charge in [-0.05, 0) is 13.3 Å². The van der Waals surface area contributed by atoms with Crippen molar-refractivity contribution in [1.82, 2.24) is 4.90 Å². The fourth-order valence-electron chi connectivity index (χ4n) is 1.66. The van der Waals surface area contributed by atoms with E-state index in [1.165, 1.54) is 0 Å². The van der Waals surface area contributed by atoms with E-state index in [4.69, 9.17) is 15.6 Å². The fourth-order valence-corrected chi connectivity index (χ4v) is 1.66. The maximum atomic E-state index is 9.05. The number of nitrogens with two attached hydrogens (primary N) is 1. The standard InChI is InChI=1S/C10H21N3O2/c1-3-4-12-10(11)13-5-8(2)15-9(6-13)7-14/h8-9,14H,3-7H2,1-2H3,(H2,11,12). The smallest absolute Gasteiger partial charge is 0.191 e. The van der Waals surface area contributed by atoms with E-state index in [1.807, 2.05) is 11.8 Å². The van der Waals surface area contributed by atoms with Gasteiger partial charge in [-0.15, -0.1) is 0 Å². The maximum Gasteiger partial charge on any atom is 0.191 e. The highest BCUT2D eigenvalue weighted by molar-refractivity contribution is 5.78. The molecule has 0 aromatic rings. The van der Waals surface area contributed by atoms with Gasteiger partial charge in [0.15, 0.2) is 5.96 Å². The molecule has 0 aromatic carbocycles. The van der Waals surface area contributed by atoms with Crippen LogP contribution in [-0.4, -0.2) is 54.4 Å². The van der Waals surface area contributed by atoms with E-state index in [0.717, 1.165) is 19.5 Å². The van der Waals surface area contributed by atoms with Gasteiger partial charge in [-0.1, -0.05) is 6.92 Å². The summed E-state index contributed by atoms with van der Waals surface area (Å²) in [6.45, 7) is 6.19. The molecule has 1 saturated heterocycles. The molecule has 15 heavy (non-hydrogen) atoms. The van der Waals surface area contributed by atoms with Crippen LogP contribution in [0.4, 0.5) is 0 Å². The molecule has 1 aliphatic heterocycles. The van der Waals surface area contributed by atoms with Gasteiger partial charge in [0.2, 0.25) is 0 Å². The van der Waals surface area contributed by atoms with Crippen molar-refractivity contribution in [1.29, 1.82) is 0 Å². The number of hydrogen-bond donors (Lipinski definition) is 2. The van der Waals surface area contributed by atoms with Crippen LogP contribution < -0.4 is 5.73 Å². The Labute approximate surface area is 90.9 Å². The Bertz CT molecular complexity index is 221. The molecule has 1 aliphatic rings. The molecule has 88 valence electrons. The average molecular weight is 215 g/mol. The van der Waals surface area contributed by atoms with E-state index in [2.05, 4.69) is 11.9 Å². The molecule has 0 aromatic heterocycles. The first-order chi connectivity index (χ1) is 7.17. The molecule has 2 unspecified atom stereocenters. The van der Waals surface area contributed by atoms with Gasteiger partial charge >= 0.3 is 0 Å². The zero-order valence-corrected chi connectivity index (χ0v) is 9.52. The van der Waals surface area contributed by atoms with Crippen molar-refractivity contribution in [3.63, 3.8) is 0 Å². The van der Waals surface area contributed by atoms with Gasteiger partial charge in [0.1, 0.15) is 0 Å². The number of hydrogen-bond acceptors (Lipinski definition) is 3. The fraction of sp³-hybridized carbons (Fsp3) is 0.900. The first-order valence-electron chi connectivity index (χ1n) is 5.48. The van der Waals surface area contributed by atoms with E-state index in [0.29, 0.717) is 12.5 Å². The maximum absolute atomic E-state index is 9.05. The summed E-state index contributed by atoms with van der Waals surface area (Å²) in [7, 11) is 0. The summed E-state index contributed by atoms with van der Waals surface area (Å²) in [4.78, 5) is 6.23. The minimum absolute atomic E-state index is 0.0297. The van der Waals surface area contributed by atoms with Crippen molar-refractivity contribution in [3.8, 4) is 0 Å². The topological polar surface area (TPSA) is 71.1 Å². The van der Waals surface area contributed by atoms with E-state index in [9.17, 15) is 0 Å². The number of aliphatic hydroxyl groups excluding tert-OH is 1. The molecule has 3 N–H and O–H groups in total. The molecule has 5 nitrogen and oxygen atoms in total. The molecule has 0 radical (unpaired) electrons. The van der Waals surface area contributed by atoms with Crippen molar-refractivity contribution in [2.45, 2.75) is 32.5 Å². The summed E-state index contributed by atoms with van der Waals surface area (Å²) < 4.78 is 5.52. The Hall–Kier alpha value is -0.810. The van der Waals surface area contributed by atoms with Crippen molar-refractivity contribution < 1.29 is 9.84 Å². The van der Waals surface area contributed by atoms with Crippen LogP contribution in [0.25, 0.3) is 0 Å². The number of aliphatic imine (C=N–C) groups is 1. The quantitative estimate of drug-likeness (QED) is 0.505. The van der Waals surface area contributed by atoms with Crippen LogP contribution in [-0.2, 0) is 4.74 Å². The Morgan fingerprint density at radius 3 is 2.93 bits per heavy atom. The van der Waals surface area contributed by atoms with E-state index in [-0.39, 0.29) is 18.8 Å². The lowest BCUT2D eigenvalue weighted by molar-refractivity contribution is -0.0787. The third kappa shape index (κ3) is 3.68. The van der Waals surface area contributed by atoms with Gasteiger partial charge in [-0.3, -0.25) is 4.99 Å². The van der Waals surface area contributed by atoms with Gasteiger partial charge in [0.25, 0.3) is 0 Å². The zero-order chi connectivity index (χ0) is 11.3. The Morgan fingerprint density at radius 1 is 1.60 bits per heavy atom. The number of rotatable bonds is 3. The van der Waals surface area contributed by atoms with Crippen LogP contribution >= 0.6 is 0 Å². The van der Waals surface area contributed by atoms with Crippen LogP contribution in [0.5, 0.6) is 0 Å². The summed E-state index contributed by atoms with van der Waals surface area (Å²) in [5.74, 6) is 0.561. The molecule has 0 spiro atoms. The SMILES string of the molecule is CCCN=C(N)N1CC(C)OC(CO)C1. The molecule has 2 atom stereocenters. The van der Waals surface area contributed by atoms with Crippen LogP contribution in [0, 0.1) is 0 Å². The minimum atomic E-state index is -0.149. The molecular weight excluding hydrogens is 194 g/mol. The summed E-state index contributed by atoms with van der Waals surface area (Å²) in [6.07, 6.45) is 0.930. The minimum Gasteiger partial charge on any atom is -0.394 e. The monoisotopic (exact) mass is 215 g/mol. The Morgan fingerprint density at radius 2 is 2.33 bits per heavy atom. The third-order valence-electron chi connectivity index (χ3n) is 2.35. The molecule has 0 amide bonds. The van der Waals surface area contributed by atoms with Crippen molar-refractivity contribution in [3.05, 3.63) is 0 Å². The van der Waals surface area contributed by atoms with E-state index in [1.54, 1.807) is 0 Å². The lowest BCUT2D eigenvalue weighted by Gasteiger charge is -2.36. The second kappa shape index (κ2) is 5.92. The van der Waals surface area contributed by atoms with Crippen LogP contribution in [0.2, 0.25) is 0 Å². The van der Waals surface area contributed by atoms with Crippen LogP contribution in [0.15, 0.2) is 4.99 Å². The predicted molar refractivity (Wildman–Crippen MR) is 59.8 cm³/mol. The van der Waals surface area contributed by atoms with Gasteiger partial charge < -0.3 is 20.5 Å². The van der Waals surface area contributed by atoms with Crippen molar-refractivity contribution >= 4 is 5.96 Å². The van der Waals surface area contributed by atoms with Gasteiger partial charge in [0, 0.05) is 19.6 Å². The lowest BCUT2D eigenvalue weighted by Crippen LogP contribution is -2.52. The average Bonchev–Trinajstić information content (AvgIpc) is 2.24. The third-order valence-corrected chi connectivity index (χ3v) is 2.35. The summed E-state index contributed by atoms with van der Waals surface area (Å²) in [5.41, 5.74) is 5.85.